The van der Waals surface area contributed by atoms with Crippen molar-refractivity contribution in [1.29, 1.82) is 0 Å². The summed E-state index contributed by atoms with van der Waals surface area (Å²) in [4.78, 5) is 0. The summed E-state index contributed by atoms with van der Waals surface area (Å²) in [6.07, 6.45) is 2.41. The molecule has 0 saturated carbocycles. The van der Waals surface area contributed by atoms with Gasteiger partial charge in [-0.1, -0.05) is 44.5 Å². The maximum Gasteiger partial charge on any atom is 0.0406 e. The second kappa shape index (κ2) is 6.51. The summed E-state index contributed by atoms with van der Waals surface area (Å²) in [5, 5.41) is 4.68. The number of benzene rings is 1. The van der Waals surface area contributed by atoms with Crippen LogP contribution in [0.2, 0.25) is 5.02 Å². The van der Waals surface area contributed by atoms with Crippen LogP contribution in [0.15, 0.2) is 24.3 Å². The average molecular weight is 298 g/mol. The van der Waals surface area contributed by atoms with Crippen LogP contribution in [0.1, 0.15) is 45.2 Å². The molecule has 1 fully saturated rings. The number of halogens is 1. The lowest BCUT2D eigenvalue weighted by atomic mass is 9.81. The second-order valence-electron chi connectivity index (χ2n) is 6.05. The first-order valence-corrected chi connectivity index (χ1v) is 8.65. The van der Waals surface area contributed by atoms with Gasteiger partial charge in [0.15, 0.2) is 0 Å². The number of hydrogen-bond donors (Lipinski definition) is 1. The average Bonchev–Trinajstić information content (AvgIpc) is 2.38. The van der Waals surface area contributed by atoms with Gasteiger partial charge in [0.25, 0.3) is 0 Å². The molecule has 1 heterocycles. The molecule has 0 bridgehead atoms. The highest BCUT2D eigenvalue weighted by Crippen LogP contribution is 2.35. The summed E-state index contributed by atoms with van der Waals surface area (Å²) in [6.45, 7) is 7.02. The van der Waals surface area contributed by atoms with Gasteiger partial charge in [-0.25, -0.2) is 0 Å². The predicted octanol–water partition coefficient (Wildman–Crippen LogP) is 4.91. The van der Waals surface area contributed by atoms with E-state index in [-0.39, 0.29) is 0 Å². The molecule has 1 nitrogen and oxygen atoms in total. The van der Waals surface area contributed by atoms with Crippen molar-refractivity contribution in [3.63, 3.8) is 0 Å². The van der Waals surface area contributed by atoms with E-state index in [9.17, 15) is 0 Å². The number of nitrogens with one attached hydrogen (secondary N) is 1. The van der Waals surface area contributed by atoms with Gasteiger partial charge in [0.1, 0.15) is 0 Å². The monoisotopic (exact) mass is 297 g/mol. The topological polar surface area (TPSA) is 12.0 Å². The molecule has 1 N–H and O–H groups in total. The molecular weight excluding hydrogens is 274 g/mol. The summed E-state index contributed by atoms with van der Waals surface area (Å²) < 4.78 is 0. The van der Waals surface area contributed by atoms with E-state index in [4.69, 9.17) is 11.6 Å². The largest absolute Gasteiger partial charge is 0.306 e. The van der Waals surface area contributed by atoms with Crippen LogP contribution in [0.5, 0.6) is 0 Å². The zero-order valence-corrected chi connectivity index (χ0v) is 13.7. The molecule has 106 valence electrons. The SMILES string of the molecule is CCC(NC1CSCCC1(C)C)c1ccc(Cl)cc1. The number of hydrogen-bond acceptors (Lipinski definition) is 2. The Morgan fingerprint density at radius 3 is 2.63 bits per heavy atom. The van der Waals surface area contributed by atoms with Crippen molar-refractivity contribution in [3.8, 4) is 0 Å². The third kappa shape index (κ3) is 3.90. The third-order valence-corrected chi connectivity index (χ3v) is 5.52. The van der Waals surface area contributed by atoms with Crippen molar-refractivity contribution in [2.24, 2.45) is 5.41 Å². The van der Waals surface area contributed by atoms with Gasteiger partial charge in [-0.2, -0.15) is 11.8 Å². The van der Waals surface area contributed by atoms with Gasteiger partial charge in [-0.15, -0.1) is 0 Å². The van der Waals surface area contributed by atoms with E-state index < -0.39 is 0 Å². The first-order chi connectivity index (χ1) is 9.03. The van der Waals surface area contributed by atoms with Crippen LogP contribution in [0.3, 0.4) is 0 Å². The quantitative estimate of drug-likeness (QED) is 0.847. The van der Waals surface area contributed by atoms with Crippen molar-refractivity contribution in [2.45, 2.75) is 45.7 Å². The highest BCUT2D eigenvalue weighted by molar-refractivity contribution is 7.99. The maximum absolute atomic E-state index is 5.97. The highest BCUT2D eigenvalue weighted by Gasteiger charge is 2.33. The van der Waals surface area contributed by atoms with Crippen LogP contribution in [-0.2, 0) is 0 Å². The van der Waals surface area contributed by atoms with Crippen LogP contribution in [0, 0.1) is 5.41 Å². The van der Waals surface area contributed by atoms with Gasteiger partial charge in [0.2, 0.25) is 0 Å². The Balaban J connectivity index is 2.08. The first-order valence-electron chi connectivity index (χ1n) is 7.12. The van der Waals surface area contributed by atoms with Crippen LogP contribution >= 0.6 is 23.4 Å². The molecule has 0 radical (unpaired) electrons. The van der Waals surface area contributed by atoms with Gasteiger partial charge in [0, 0.05) is 22.9 Å². The molecule has 1 aromatic carbocycles. The number of thioether (sulfide) groups is 1. The van der Waals surface area contributed by atoms with Gasteiger partial charge in [0.05, 0.1) is 0 Å². The summed E-state index contributed by atoms with van der Waals surface area (Å²) >= 11 is 8.04. The highest BCUT2D eigenvalue weighted by atomic mass is 35.5. The molecule has 0 amide bonds. The normalized spacial score (nSPS) is 24.1. The Hall–Kier alpha value is -0.180. The van der Waals surface area contributed by atoms with Crippen molar-refractivity contribution >= 4 is 23.4 Å². The molecule has 1 aromatic rings. The van der Waals surface area contributed by atoms with E-state index in [0.29, 0.717) is 17.5 Å². The zero-order chi connectivity index (χ0) is 13.9. The van der Waals surface area contributed by atoms with E-state index in [1.165, 1.54) is 23.5 Å². The Morgan fingerprint density at radius 1 is 1.37 bits per heavy atom. The molecule has 0 spiro atoms. The summed E-state index contributed by atoms with van der Waals surface area (Å²) in [7, 11) is 0. The van der Waals surface area contributed by atoms with Crippen LogP contribution in [0.4, 0.5) is 0 Å². The zero-order valence-electron chi connectivity index (χ0n) is 12.1. The van der Waals surface area contributed by atoms with Crippen molar-refractivity contribution in [2.75, 3.05) is 11.5 Å². The first kappa shape index (κ1) is 15.2. The lowest BCUT2D eigenvalue weighted by Gasteiger charge is -2.41. The molecule has 1 aliphatic rings. The maximum atomic E-state index is 5.97. The van der Waals surface area contributed by atoms with Crippen molar-refractivity contribution in [1.82, 2.24) is 5.32 Å². The Labute approximate surface area is 126 Å². The molecular formula is C16H24ClNS. The molecule has 0 aromatic heterocycles. The molecule has 1 aliphatic heterocycles. The van der Waals surface area contributed by atoms with E-state index in [2.05, 4.69) is 50.0 Å². The predicted molar refractivity (Wildman–Crippen MR) is 87.1 cm³/mol. The summed E-state index contributed by atoms with van der Waals surface area (Å²) in [5.74, 6) is 2.51. The molecule has 2 unspecified atom stereocenters. The molecule has 0 aliphatic carbocycles. The summed E-state index contributed by atoms with van der Waals surface area (Å²) in [6, 6.07) is 9.29. The Bertz CT molecular complexity index is 402. The number of rotatable bonds is 4. The Kier molecular flexibility index (Phi) is 5.22. The molecule has 1 saturated heterocycles. The lowest BCUT2D eigenvalue weighted by Crippen LogP contribution is -2.47. The Morgan fingerprint density at radius 2 is 2.05 bits per heavy atom. The van der Waals surface area contributed by atoms with E-state index >= 15 is 0 Å². The fourth-order valence-corrected chi connectivity index (χ4v) is 4.34. The standard InChI is InChI=1S/C16H24ClNS/c1-4-14(12-5-7-13(17)8-6-12)18-15-11-19-10-9-16(15,2)3/h5-8,14-15,18H,4,9-11H2,1-3H3. The molecule has 19 heavy (non-hydrogen) atoms. The van der Waals surface area contributed by atoms with Gasteiger partial charge < -0.3 is 5.32 Å². The van der Waals surface area contributed by atoms with E-state index in [1.807, 2.05) is 12.1 Å². The fourth-order valence-electron chi connectivity index (χ4n) is 2.60. The lowest BCUT2D eigenvalue weighted by molar-refractivity contribution is 0.226. The second-order valence-corrected chi connectivity index (χ2v) is 7.63. The van der Waals surface area contributed by atoms with Crippen molar-refractivity contribution in [3.05, 3.63) is 34.9 Å². The van der Waals surface area contributed by atoms with Crippen LogP contribution < -0.4 is 5.32 Å². The van der Waals surface area contributed by atoms with Crippen molar-refractivity contribution < 1.29 is 0 Å². The van der Waals surface area contributed by atoms with Crippen LogP contribution in [-0.4, -0.2) is 17.5 Å². The summed E-state index contributed by atoms with van der Waals surface area (Å²) in [5.41, 5.74) is 1.74. The van der Waals surface area contributed by atoms with Crippen LogP contribution in [0.25, 0.3) is 0 Å². The minimum Gasteiger partial charge on any atom is -0.306 e. The minimum atomic E-state index is 0.394. The van der Waals surface area contributed by atoms with Gasteiger partial charge >= 0.3 is 0 Å². The minimum absolute atomic E-state index is 0.394. The van der Waals surface area contributed by atoms with Gasteiger partial charge in [-0.3, -0.25) is 0 Å². The third-order valence-electron chi connectivity index (χ3n) is 4.20. The molecule has 3 heteroatoms. The molecule has 2 atom stereocenters. The smallest absolute Gasteiger partial charge is 0.0406 e. The molecule has 2 rings (SSSR count). The van der Waals surface area contributed by atoms with E-state index in [1.54, 1.807) is 0 Å². The van der Waals surface area contributed by atoms with E-state index in [0.717, 1.165) is 11.4 Å². The fraction of sp³-hybridized carbons (Fsp3) is 0.625. The van der Waals surface area contributed by atoms with Gasteiger partial charge in [-0.05, 0) is 41.7 Å².